The minimum Gasteiger partial charge on any atom is -0.481 e. The van der Waals surface area contributed by atoms with Crippen LogP contribution in [0.1, 0.15) is 125 Å². The number of alkyl carbamates (subject to hydrolysis) is 1. The van der Waals surface area contributed by atoms with E-state index in [1.54, 1.807) is 5.57 Å². The second kappa shape index (κ2) is 20.3. The molecular weight excluding hydrogens is 648 g/mol. The molecule has 0 spiro atoms. The molecule has 0 saturated heterocycles. The van der Waals surface area contributed by atoms with E-state index in [0.29, 0.717) is 64.6 Å². The molecule has 0 aromatic rings. The molecule has 8 atom stereocenters. The molecule has 4 rings (SSSR count). The lowest BCUT2D eigenvalue weighted by Gasteiger charge is -2.58. The summed E-state index contributed by atoms with van der Waals surface area (Å²) in [5.41, 5.74) is 2.30. The van der Waals surface area contributed by atoms with Gasteiger partial charge in [-0.15, -0.1) is 0 Å². The molecule has 4 aliphatic carbocycles. The zero-order chi connectivity index (χ0) is 36.9. The van der Waals surface area contributed by atoms with Crippen molar-refractivity contribution in [2.24, 2.45) is 46.3 Å². The number of allylic oxidation sites excluding steroid dienone is 1. The number of aliphatic carboxylic acids is 1. The molecule has 1 unspecified atom stereocenters. The summed E-state index contributed by atoms with van der Waals surface area (Å²) in [6.07, 6.45) is 16.6. The maximum atomic E-state index is 12.6. The normalized spacial score (nSPS) is 30.5. The number of rotatable bonds is 22. The summed E-state index contributed by atoms with van der Waals surface area (Å²) in [5.74, 6) is 3.68. The summed E-state index contributed by atoms with van der Waals surface area (Å²) in [6, 6.07) is 0. The quantitative estimate of drug-likeness (QED) is 0.0773. The second-order valence-electron chi connectivity index (χ2n) is 16.9. The molecule has 51 heavy (non-hydrogen) atoms. The van der Waals surface area contributed by atoms with E-state index in [1.807, 2.05) is 0 Å². The lowest BCUT2D eigenvalue weighted by Crippen LogP contribution is -2.51. The van der Waals surface area contributed by atoms with E-state index in [2.05, 4.69) is 51.3 Å². The van der Waals surface area contributed by atoms with Crippen molar-refractivity contribution in [2.45, 2.75) is 131 Å². The summed E-state index contributed by atoms with van der Waals surface area (Å²) in [5, 5.41) is 14.1. The predicted molar refractivity (Wildman–Crippen MR) is 198 cm³/mol. The van der Waals surface area contributed by atoms with Crippen molar-refractivity contribution in [3.8, 4) is 0 Å². The van der Waals surface area contributed by atoms with Gasteiger partial charge in [0.2, 0.25) is 5.91 Å². The zero-order valence-electron chi connectivity index (χ0n) is 32.5. The third-order valence-corrected chi connectivity index (χ3v) is 13.1. The highest BCUT2D eigenvalue weighted by Gasteiger charge is 2.59. The number of ether oxygens (including phenoxy) is 4. The molecule has 10 nitrogen and oxygen atoms in total. The maximum Gasteiger partial charge on any atom is 0.407 e. The van der Waals surface area contributed by atoms with Gasteiger partial charge in [-0.05, 0) is 97.7 Å². The van der Waals surface area contributed by atoms with Crippen molar-refractivity contribution in [1.82, 2.24) is 10.6 Å². The van der Waals surface area contributed by atoms with Gasteiger partial charge in [0.1, 0.15) is 6.10 Å². The van der Waals surface area contributed by atoms with Gasteiger partial charge in [0.05, 0.1) is 39.5 Å². The number of hydrogen-bond donors (Lipinski definition) is 3. The lowest BCUT2D eigenvalue weighted by atomic mass is 9.47. The van der Waals surface area contributed by atoms with E-state index in [0.717, 1.165) is 54.8 Å². The van der Waals surface area contributed by atoms with Crippen LogP contribution in [0.4, 0.5) is 4.79 Å². The molecule has 0 aromatic carbocycles. The number of carbonyl (C=O) groups is 3. The van der Waals surface area contributed by atoms with Crippen LogP contribution in [0.5, 0.6) is 0 Å². The van der Waals surface area contributed by atoms with E-state index < -0.39 is 5.97 Å². The first kappa shape index (κ1) is 41.6. The molecule has 0 bridgehead atoms. The van der Waals surface area contributed by atoms with Gasteiger partial charge in [-0.1, -0.05) is 65.5 Å². The maximum absolute atomic E-state index is 12.6. The first-order valence-electron chi connectivity index (χ1n) is 20.3. The number of carboxylic acids is 1. The van der Waals surface area contributed by atoms with Crippen LogP contribution in [0.25, 0.3) is 0 Å². The average Bonchev–Trinajstić information content (AvgIpc) is 3.44. The van der Waals surface area contributed by atoms with Crippen LogP contribution in [-0.4, -0.2) is 81.9 Å². The minimum atomic E-state index is -0.989. The highest BCUT2D eigenvalue weighted by molar-refractivity contribution is 5.80. The van der Waals surface area contributed by atoms with Crippen LogP contribution in [0.15, 0.2) is 11.6 Å². The van der Waals surface area contributed by atoms with Crippen LogP contribution >= 0.6 is 0 Å². The van der Waals surface area contributed by atoms with E-state index in [1.165, 1.54) is 51.4 Å². The van der Waals surface area contributed by atoms with Crippen molar-refractivity contribution in [1.29, 1.82) is 0 Å². The van der Waals surface area contributed by atoms with E-state index in [-0.39, 0.29) is 36.4 Å². The van der Waals surface area contributed by atoms with Crippen LogP contribution in [0, 0.1) is 46.3 Å². The van der Waals surface area contributed by atoms with Crippen LogP contribution < -0.4 is 10.6 Å². The molecule has 0 aromatic heterocycles. The molecule has 0 aliphatic heterocycles. The number of amides is 2. The Labute approximate surface area is 307 Å². The molecule has 10 heteroatoms. The first-order chi connectivity index (χ1) is 24.4. The SMILES string of the molecule is CC(C)CCC[C@@H](C)[C@H]1CC[C@H]2[C@@H]3CC=C4CC(OC(=O)NCCCOCCOCCOCCNC(=O)CCC(=O)O)CC[C@]4(C)[C@H]3CC[C@]12C. The largest absolute Gasteiger partial charge is 0.481 e. The molecule has 0 heterocycles. The van der Waals surface area contributed by atoms with Crippen molar-refractivity contribution >= 4 is 18.0 Å². The van der Waals surface area contributed by atoms with Crippen molar-refractivity contribution in [3.05, 3.63) is 11.6 Å². The summed E-state index contributed by atoms with van der Waals surface area (Å²) in [7, 11) is 0. The lowest BCUT2D eigenvalue weighted by molar-refractivity contribution is -0.138. The van der Waals surface area contributed by atoms with E-state index >= 15 is 0 Å². The van der Waals surface area contributed by atoms with Gasteiger partial charge >= 0.3 is 12.1 Å². The summed E-state index contributed by atoms with van der Waals surface area (Å²) in [6.45, 7) is 15.9. The number of fused-ring (bicyclic) bond motifs is 5. The van der Waals surface area contributed by atoms with Crippen molar-refractivity contribution in [2.75, 3.05) is 52.7 Å². The topological polar surface area (TPSA) is 132 Å². The number of carboxylic acid groups (broad SMARTS) is 1. The van der Waals surface area contributed by atoms with Gasteiger partial charge in [0, 0.05) is 32.5 Å². The molecule has 3 N–H and O–H groups in total. The molecule has 3 saturated carbocycles. The highest BCUT2D eigenvalue weighted by atomic mass is 16.6. The summed E-state index contributed by atoms with van der Waals surface area (Å²) < 4.78 is 22.4. The Morgan fingerprint density at radius 1 is 0.824 bits per heavy atom. The van der Waals surface area contributed by atoms with Gasteiger partial charge in [-0.25, -0.2) is 4.79 Å². The minimum absolute atomic E-state index is 0.0309. The smallest absolute Gasteiger partial charge is 0.407 e. The fourth-order valence-electron chi connectivity index (χ4n) is 10.4. The monoisotopic (exact) mass is 719 g/mol. The molecule has 3 fully saturated rings. The number of hydrogen-bond acceptors (Lipinski definition) is 7. The third kappa shape index (κ3) is 11.9. The third-order valence-electron chi connectivity index (χ3n) is 13.1. The summed E-state index contributed by atoms with van der Waals surface area (Å²) in [4.78, 5) is 34.5. The number of nitrogens with one attached hydrogen (secondary N) is 2. The van der Waals surface area contributed by atoms with Gasteiger partial charge < -0.3 is 34.7 Å². The second-order valence-corrected chi connectivity index (χ2v) is 16.9. The Bertz CT molecular complexity index is 1140. The summed E-state index contributed by atoms with van der Waals surface area (Å²) >= 11 is 0. The molecule has 0 radical (unpaired) electrons. The Morgan fingerprint density at radius 3 is 2.27 bits per heavy atom. The highest BCUT2D eigenvalue weighted by Crippen LogP contribution is 2.67. The molecular formula is C41H70N2O8. The fraction of sp³-hybridized carbons (Fsp3) is 0.878. The Balaban J connectivity index is 1.05. The van der Waals surface area contributed by atoms with Gasteiger partial charge in [-0.3, -0.25) is 9.59 Å². The predicted octanol–water partition coefficient (Wildman–Crippen LogP) is 7.54. The average molecular weight is 719 g/mol. The van der Waals surface area contributed by atoms with Crippen molar-refractivity contribution < 1.29 is 38.4 Å². The Hall–Kier alpha value is -2.17. The van der Waals surface area contributed by atoms with Crippen LogP contribution in [0.2, 0.25) is 0 Å². The molecule has 4 aliphatic rings. The van der Waals surface area contributed by atoms with Gasteiger partial charge in [-0.2, -0.15) is 0 Å². The first-order valence-corrected chi connectivity index (χ1v) is 20.3. The standard InChI is InChI=1S/C41H70N2O8/c1-29(2)8-6-9-30(3)34-12-13-35-33-11-10-31-28-32(16-18-40(31,4)36(33)17-19-41(34,35)5)51-39(47)43-20-7-22-48-24-26-50-27-25-49-23-21-42-37(44)14-15-38(45)46/h10,29-30,32-36H,6-9,11-28H2,1-5H3,(H,42,44)(H,43,47)(H,45,46)/t30-,32?,33+,34-,35+,36+,40+,41-/m1/s1. The van der Waals surface area contributed by atoms with Gasteiger partial charge in [0.25, 0.3) is 0 Å². The molecule has 292 valence electrons. The Kier molecular flexibility index (Phi) is 16.6. The van der Waals surface area contributed by atoms with Gasteiger partial charge in [0.15, 0.2) is 0 Å². The Morgan fingerprint density at radius 2 is 1.55 bits per heavy atom. The van der Waals surface area contributed by atoms with E-state index in [4.69, 9.17) is 24.1 Å². The van der Waals surface area contributed by atoms with Crippen LogP contribution in [0.3, 0.4) is 0 Å². The van der Waals surface area contributed by atoms with Crippen LogP contribution in [-0.2, 0) is 28.5 Å². The van der Waals surface area contributed by atoms with Crippen molar-refractivity contribution in [3.63, 3.8) is 0 Å². The zero-order valence-corrected chi connectivity index (χ0v) is 32.5. The molecule has 2 amide bonds. The fourth-order valence-corrected chi connectivity index (χ4v) is 10.4. The number of carbonyl (C=O) groups excluding carboxylic acids is 2. The van der Waals surface area contributed by atoms with E-state index in [9.17, 15) is 14.4 Å².